The highest BCUT2D eigenvalue weighted by molar-refractivity contribution is 7.15. The second kappa shape index (κ2) is 8.60. The van der Waals surface area contributed by atoms with Gasteiger partial charge in [0.1, 0.15) is 5.82 Å². The number of nitrogens with one attached hydrogen (secondary N) is 1. The summed E-state index contributed by atoms with van der Waals surface area (Å²) in [6.07, 6.45) is 5.97. The van der Waals surface area contributed by atoms with E-state index in [9.17, 15) is 4.79 Å². The number of carbonyl (C=O) groups is 1. The molecule has 1 saturated heterocycles. The van der Waals surface area contributed by atoms with Crippen LogP contribution in [0.4, 0.5) is 10.9 Å². The quantitative estimate of drug-likeness (QED) is 0.812. The molecule has 1 fully saturated rings. The molecule has 0 spiro atoms. The third-order valence-corrected chi connectivity index (χ3v) is 5.64. The van der Waals surface area contributed by atoms with Gasteiger partial charge in [0.2, 0.25) is 5.91 Å². The molecule has 3 rings (SSSR count). The zero-order chi connectivity index (χ0) is 18.5. The summed E-state index contributed by atoms with van der Waals surface area (Å²) in [6, 6.07) is 5.65. The van der Waals surface area contributed by atoms with E-state index in [1.807, 2.05) is 23.2 Å². The Balaban J connectivity index is 1.61. The van der Waals surface area contributed by atoms with Crippen LogP contribution in [0.5, 0.6) is 0 Å². The van der Waals surface area contributed by atoms with Crippen LogP contribution in [0.2, 0.25) is 0 Å². The Kier molecular flexibility index (Phi) is 6.21. The lowest BCUT2D eigenvalue weighted by Gasteiger charge is -2.32. The van der Waals surface area contributed by atoms with Gasteiger partial charge in [-0.05, 0) is 38.3 Å². The molecule has 1 aliphatic rings. The van der Waals surface area contributed by atoms with E-state index in [2.05, 4.69) is 23.3 Å². The number of carbonyl (C=O) groups excluding carboxylic acids is 1. The highest BCUT2D eigenvalue weighted by Crippen LogP contribution is 2.29. The zero-order valence-corrected chi connectivity index (χ0v) is 16.3. The molecule has 3 heterocycles. The third-order valence-electron chi connectivity index (χ3n) is 4.67. The van der Waals surface area contributed by atoms with E-state index < -0.39 is 6.04 Å². The molecule has 0 bridgehead atoms. The molecule has 140 valence electrons. The molecule has 0 radical (unpaired) electrons. The first-order valence-electron chi connectivity index (χ1n) is 9.30. The number of anilines is 2. The van der Waals surface area contributed by atoms with Crippen molar-refractivity contribution < 1.29 is 4.79 Å². The van der Waals surface area contributed by atoms with Crippen LogP contribution in [0.25, 0.3) is 0 Å². The van der Waals surface area contributed by atoms with Gasteiger partial charge in [-0.3, -0.25) is 4.79 Å². The first-order valence-corrected chi connectivity index (χ1v) is 10.1. The summed E-state index contributed by atoms with van der Waals surface area (Å²) in [6.45, 7) is 5.41. The molecule has 1 atom stereocenters. The number of thiazole rings is 1. The average Bonchev–Trinajstić information content (AvgIpc) is 3.08. The number of aromatic nitrogens is 2. The van der Waals surface area contributed by atoms with E-state index in [1.54, 1.807) is 18.3 Å². The fourth-order valence-electron chi connectivity index (χ4n) is 3.27. The summed E-state index contributed by atoms with van der Waals surface area (Å²) in [5, 5.41) is 4.20. The molecule has 3 N–H and O–H groups in total. The topological polar surface area (TPSA) is 84.1 Å². The predicted octanol–water partition coefficient (Wildman–Crippen LogP) is 3.29. The third kappa shape index (κ3) is 4.59. The Morgan fingerprint density at radius 2 is 2.19 bits per heavy atom. The lowest BCUT2D eigenvalue weighted by Crippen LogP contribution is -2.45. The highest BCUT2D eigenvalue weighted by Gasteiger charge is 2.26. The van der Waals surface area contributed by atoms with Gasteiger partial charge in [0.05, 0.1) is 6.04 Å². The number of piperidine rings is 1. The van der Waals surface area contributed by atoms with Crippen molar-refractivity contribution in [2.75, 3.05) is 18.4 Å². The van der Waals surface area contributed by atoms with Crippen LogP contribution in [0.1, 0.15) is 49.6 Å². The number of nitrogens with two attached hydrogens (primary N) is 1. The van der Waals surface area contributed by atoms with Crippen molar-refractivity contribution >= 4 is 28.2 Å². The van der Waals surface area contributed by atoms with Crippen molar-refractivity contribution in [1.82, 2.24) is 14.9 Å². The van der Waals surface area contributed by atoms with Crippen LogP contribution in [-0.2, 0) is 11.2 Å². The van der Waals surface area contributed by atoms with Crippen LogP contribution in [0.3, 0.4) is 0 Å². The minimum Gasteiger partial charge on any atom is -0.341 e. The van der Waals surface area contributed by atoms with Crippen molar-refractivity contribution in [3.63, 3.8) is 0 Å². The molecule has 2 aromatic rings. The second-order valence-electron chi connectivity index (χ2n) is 6.84. The van der Waals surface area contributed by atoms with Crippen molar-refractivity contribution in [1.29, 1.82) is 0 Å². The van der Waals surface area contributed by atoms with Crippen LogP contribution in [0.15, 0.2) is 24.4 Å². The number of pyridine rings is 1. The standard InChI is InChI=1S/C19H27N5OS/c1-3-5-15-12-21-19(26-15)23-17-7-4-6-16(22-17)14-8-10-24(11-9-14)18(25)13(2)20/h4,6-7,12-14H,3,5,8-11,20H2,1-2H3,(H,21,22,23)/t13-/m0/s1. The van der Waals surface area contributed by atoms with Crippen LogP contribution in [-0.4, -0.2) is 39.9 Å². The summed E-state index contributed by atoms with van der Waals surface area (Å²) < 4.78 is 0. The predicted molar refractivity (Wildman–Crippen MR) is 106 cm³/mol. The maximum Gasteiger partial charge on any atom is 0.239 e. The molecule has 0 saturated carbocycles. The molecule has 1 aliphatic heterocycles. The molecule has 7 heteroatoms. The van der Waals surface area contributed by atoms with E-state index in [0.717, 1.165) is 55.4 Å². The van der Waals surface area contributed by atoms with E-state index in [0.29, 0.717) is 5.92 Å². The first-order chi connectivity index (χ1) is 12.6. The van der Waals surface area contributed by atoms with Gasteiger partial charge in [-0.15, -0.1) is 11.3 Å². The SMILES string of the molecule is CCCc1cnc(Nc2cccc(C3CCN(C(=O)[C@H](C)N)CC3)n2)s1. The van der Waals surface area contributed by atoms with Crippen molar-refractivity contribution in [3.8, 4) is 0 Å². The van der Waals surface area contributed by atoms with Crippen LogP contribution < -0.4 is 11.1 Å². The maximum atomic E-state index is 12.0. The number of amides is 1. The number of aryl methyl sites for hydroxylation is 1. The van der Waals surface area contributed by atoms with Gasteiger partial charge in [-0.25, -0.2) is 9.97 Å². The molecule has 26 heavy (non-hydrogen) atoms. The van der Waals surface area contributed by atoms with Gasteiger partial charge in [-0.2, -0.15) is 0 Å². The molecular formula is C19H27N5OS. The minimum atomic E-state index is -0.423. The monoisotopic (exact) mass is 373 g/mol. The van der Waals surface area contributed by atoms with Crippen molar-refractivity contribution in [2.45, 2.75) is 51.5 Å². The number of likely N-dealkylation sites (tertiary alicyclic amines) is 1. The number of rotatable bonds is 6. The molecule has 6 nitrogen and oxygen atoms in total. The molecule has 0 unspecified atom stereocenters. The summed E-state index contributed by atoms with van der Waals surface area (Å²) in [4.78, 5) is 24.4. The number of hydrogen-bond donors (Lipinski definition) is 2. The lowest BCUT2D eigenvalue weighted by atomic mass is 9.92. The maximum absolute atomic E-state index is 12.0. The van der Waals surface area contributed by atoms with Gasteiger partial charge in [0.15, 0.2) is 5.13 Å². The summed E-state index contributed by atoms with van der Waals surface area (Å²) in [5.74, 6) is 1.24. The lowest BCUT2D eigenvalue weighted by molar-refractivity contribution is -0.133. The molecule has 1 amide bonds. The van der Waals surface area contributed by atoms with E-state index >= 15 is 0 Å². The van der Waals surface area contributed by atoms with Crippen LogP contribution in [0, 0.1) is 0 Å². The number of nitrogens with zero attached hydrogens (tertiary/aromatic N) is 3. The Morgan fingerprint density at radius 3 is 2.88 bits per heavy atom. The average molecular weight is 374 g/mol. The summed E-state index contributed by atoms with van der Waals surface area (Å²) in [7, 11) is 0. The van der Waals surface area contributed by atoms with Crippen LogP contribution >= 0.6 is 11.3 Å². The normalized spacial score (nSPS) is 16.5. The Bertz CT molecular complexity index is 737. The molecule has 0 aromatic carbocycles. The molecular weight excluding hydrogens is 346 g/mol. The smallest absolute Gasteiger partial charge is 0.239 e. The van der Waals surface area contributed by atoms with Gasteiger partial charge >= 0.3 is 0 Å². The highest BCUT2D eigenvalue weighted by atomic mass is 32.1. The van der Waals surface area contributed by atoms with Gasteiger partial charge < -0.3 is 16.0 Å². The number of hydrogen-bond acceptors (Lipinski definition) is 6. The fourth-order valence-corrected chi connectivity index (χ4v) is 4.19. The van der Waals surface area contributed by atoms with Gasteiger partial charge in [-0.1, -0.05) is 19.4 Å². The van der Waals surface area contributed by atoms with E-state index in [1.165, 1.54) is 4.88 Å². The first kappa shape index (κ1) is 18.8. The molecule has 0 aliphatic carbocycles. The second-order valence-corrected chi connectivity index (χ2v) is 7.96. The van der Waals surface area contributed by atoms with Crippen molar-refractivity contribution in [2.24, 2.45) is 5.73 Å². The Hall–Kier alpha value is -1.99. The Labute approximate surface area is 158 Å². The van der Waals surface area contributed by atoms with Gasteiger partial charge in [0.25, 0.3) is 0 Å². The van der Waals surface area contributed by atoms with E-state index in [-0.39, 0.29) is 5.91 Å². The largest absolute Gasteiger partial charge is 0.341 e. The van der Waals surface area contributed by atoms with E-state index in [4.69, 9.17) is 10.7 Å². The Morgan fingerprint density at radius 1 is 1.42 bits per heavy atom. The zero-order valence-electron chi connectivity index (χ0n) is 15.4. The van der Waals surface area contributed by atoms with Gasteiger partial charge in [0, 0.05) is 35.8 Å². The fraction of sp³-hybridized carbons (Fsp3) is 0.526. The molecule has 2 aromatic heterocycles. The minimum absolute atomic E-state index is 0.0403. The summed E-state index contributed by atoms with van der Waals surface area (Å²) >= 11 is 1.68. The summed E-state index contributed by atoms with van der Waals surface area (Å²) in [5.41, 5.74) is 6.79. The van der Waals surface area contributed by atoms with Crippen molar-refractivity contribution in [3.05, 3.63) is 35.0 Å².